The molecule has 0 amide bonds. The highest BCUT2D eigenvalue weighted by atomic mass is 19.4. The quantitative estimate of drug-likeness (QED) is 0.573. The standard InChI is InChI=1S/C17H25F3N2.C4H4O4/c1-13(2)11-22(15-7-9-21-10-8-15)12-14-5-3-4-6-16(14)17(18,19)20;5-3(6)1-2-4(7)8/h3-6,13,15,21H,7-12H2,1-2H3;1-2H,(H,5,6)(H,7,8). The fraction of sp³-hybridized carbons (Fsp3) is 0.524. The molecule has 1 aliphatic heterocycles. The van der Waals surface area contributed by atoms with Gasteiger partial charge in [0.1, 0.15) is 0 Å². The average Bonchev–Trinajstić information content (AvgIpc) is 2.66. The van der Waals surface area contributed by atoms with Gasteiger partial charge in [0.05, 0.1) is 5.56 Å². The number of nitrogens with one attached hydrogen (secondary N) is 1. The number of aliphatic carboxylic acids is 2. The van der Waals surface area contributed by atoms with Crippen LogP contribution in [0.4, 0.5) is 13.2 Å². The van der Waals surface area contributed by atoms with Gasteiger partial charge in [-0.05, 0) is 43.5 Å². The summed E-state index contributed by atoms with van der Waals surface area (Å²) in [5, 5.41) is 18.9. The second-order valence-electron chi connectivity index (χ2n) is 7.47. The molecular weight excluding hydrogens is 401 g/mol. The van der Waals surface area contributed by atoms with Gasteiger partial charge in [0, 0.05) is 31.3 Å². The minimum Gasteiger partial charge on any atom is -0.478 e. The van der Waals surface area contributed by atoms with Crippen LogP contribution in [0.15, 0.2) is 36.4 Å². The maximum Gasteiger partial charge on any atom is 0.416 e. The van der Waals surface area contributed by atoms with Crippen molar-refractivity contribution in [2.24, 2.45) is 5.92 Å². The van der Waals surface area contributed by atoms with E-state index in [0.717, 1.165) is 32.5 Å². The molecule has 168 valence electrons. The predicted molar refractivity (Wildman–Crippen MR) is 107 cm³/mol. The second-order valence-corrected chi connectivity index (χ2v) is 7.47. The molecule has 0 atom stereocenters. The van der Waals surface area contributed by atoms with Crippen LogP contribution in [0.5, 0.6) is 0 Å². The predicted octanol–water partition coefficient (Wildman–Crippen LogP) is 3.63. The molecule has 0 aliphatic carbocycles. The molecule has 9 heteroatoms. The Balaban J connectivity index is 0.000000479. The van der Waals surface area contributed by atoms with E-state index in [1.54, 1.807) is 12.1 Å². The van der Waals surface area contributed by atoms with Gasteiger partial charge in [-0.15, -0.1) is 0 Å². The molecule has 1 aromatic carbocycles. The van der Waals surface area contributed by atoms with E-state index in [9.17, 15) is 22.8 Å². The second kappa shape index (κ2) is 12.3. The number of carboxylic acid groups (broad SMARTS) is 2. The van der Waals surface area contributed by atoms with Crippen LogP contribution in [0.2, 0.25) is 0 Å². The lowest BCUT2D eigenvalue weighted by Crippen LogP contribution is -2.44. The van der Waals surface area contributed by atoms with Crippen molar-refractivity contribution >= 4 is 11.9 Å². The molecule has 2 rings (SSSR count). The fourth-order valence-corrected chi connectivity index (χ4v) is 3.28. The van der Waals surface area contributed by atoms with Crippen LogP contribution in [-0.2, 0) is 22.3 Å². The molecule has 1 aromatic rings. The van der Waals surface area contributed by atoms with Crippen molar-refractivity contribution < 1.29 is 33.0 Å². The third kappa shape index (κ3) is 9.89. The van der Waals surface area contributed by atoms with Crippen LogP contribution in [0.25, 0.3) is 0 Å². The smallest absolute Gasteiger partial charge is 0.416 e. The van der Waals surface area contributed by atoms with E-state index in [-0.39, 0.29) is 0 Å². The highest BCUT2D eigenvalue weighted by Gasteiger charge is 2.34. The number of piperidine rings is 1. The van der Waals surface area contributed by atoms with Crippen LogP contribution in [0.1, 0.15) is 37.8 Å². The summed E-state index contributed by atoms with van der Waals surface area (Å²) in [7, 11) is 0. The van der Waals surface area contributed by atoms with Crippen LogP contribution < -0.4 is 5.32 Å². The van der Waals surface area contributed by atoms with Crippen molar-refractivity contribution in [2.75, 3.05) is 19.6 Å². The van der Waals surface area contributed by atoms with Crippen molar-refractivity contribution in [2.45, 2.75) is 45.5 Å². The Morgan fingerprint density at radius 1 is 1.13 bits per heavy atom. The van der Waals surface area contributed by atoms with Gasteiger partial charge in [-0.1, -0.05) is 32.0 Å². The molecule has 0 radical (unpaired) electrons. The Labute approximate surface area is 174 Å². The Morgan fingerprint density at radius 3 is 2.13 bits per heavy atom. The zero-order chi connectivity index (χ0) is 22.7. The van der Waals surface area contributed by atoms with E-state index in [4.69, 9.17) is 10.2 Å². The molecule has 6 nitrogen and oxygen atoms in total. The molecule has 1 aliphatic rings. The summed E-state index contributed by atoms with van der Waals surface area (Å²) in [5.74, 6) is -2.08. The molecule has 1 heterocycles. The van der Waals surface area contributed by atoms with Gasteiger partial charge in [-0.25, -0.2) is 9.59 Å². The first-order chi connectivity index (χ1) is 14.0. The molecule has 0 aromatic heterocycles. The lowest BCUT2D eigenvalue weighted by Gasteiger charge is -2.36. The number of carbonyl (C=O) groups is 2. The van der Waals surface area contributed by atoms with Crippen LogP contribution in [0, 0.1) is 5.92 Å². The van der Waals surface area contributed by atoms with Crippen molar-refractivity contribution in [1.82, 2.24) is 10.2 Å². The first kappa shape index (κ1) is 25.6. The topological polar surface area (TPSA) is 89.9 Å². The number of hydrogen-bond acceptors (Lipinski definition) is 4. The fourth-order valence-electron chi connectivity index (χ4n) is 3.28. The number of halogens is 3. The maximum atomic E-state index is 13.2. The molecule has 0 spiro atoms. The van der Waals surface area contributed by atoms with Gasteiger partial charge in [0.15, 0.2) is 0 Å². The number of rotatable bonds is 7. The van der Waals surface area contributed by atoms with Gasteiger partial charge >= 0.3 is 18.1 Å². The SMILES string of the molecule is CC(C)CN(Cc1ccccc1C(F)(F)F)C1CCNCC1.O=C(O)C=CC(=O)O. The van der Waals surface area contributed by atoms with E-state index in [1.807, 2.05) is 0 Å². The molecule has 0 unspecified atom stereocenters. The third-order valence-electron chi connectivity index (χ3n) is 4.49. The Hall–Kier alpha value is -2.39. The summed E-state index contributed by atoms with van der Waals surface area (Å²) < 4.78 is 39.5. The average molecular weight is 430 g/mol. The van der Waals surface area contributed by atoms with Crippen molar-refractivity contribution in [3.05, 3.63) is 47.5 Å². The van der Waals surface area contributed by atoms with E-state index in [2.05, 4.69) is 24.1 Å². The number of hydrogen-bond donors (Lipinski definition) is 3. The molecule has 3 N–H and O–H groups in total. The summed E-state index contributed by atoms with van der Waals surface area (Å²) in [5.41, 5.74) is -0.119. The molecule has 30 heavy (non-hydrogen) atoms. The normalized spacial score (nSPS) is 15.3. The van der Waals surface area contributed by atoms with E-state index >= 15 is 0 Å². The van der Waals surface area contributed by atoms with Crippen molar-refractivity contribution in [3.8, 4) is 0 Å². The first-order valence-corrected chi connectivity index (χ1v) is 9.74. The minimum absolute atomic E-state index is 0.366. The lowest BCUT2D eigenvalue weighted by atomic mass is 10.00. The zero-order valence-corrected chi connectivity index (χ0v) is 17.2. The summed E-state index contributed by atoms with van der Waals surface area (Å²) in [4.78, 5) is 21.3. The van der Waals surface area contributed by atoms with Crippen molar-refractivity contribution in [1.29, 1.82) is 0 Å². The largest absolute Gasteiger partial charge is 0.478 e. The van der Waals surface area contributed by atoms with Crippen LogP contribution >= 0.6 is 0 Å². The molecule has 0 bridgehead atoms. The number of nitrogens with zero attached hydrogens (tertiary/aromatic N) is 1. The summed E-state index contributed by atoms with van der Waals surface area (Å²) >= 11 is 0. The van der Waals surface area contributed by atoms with Gasteiger partial charge < -0.3 is 15.5 Å². The number of carboxylic acids is 2. The van der Waals surface area contributed by atoms with Crippen LogP contribution in [0.3, 0.4) is 0 Å². The van der Waals surface area contributed by atoms with Gasteiger partial charge in [-0.2, -0.15) is 13.2 Å². The maximum absolute atomic E-state index is 13.2. The summed E-state index contributed by atoms with van der Waals surface area (Å²) in [6, 6.07) is 6.32. The summed E-state index contributed by atoms with van der Waals surface area (Å²) in [6.07, 6.45) is -1.17. The lowest BCUT2D eigenvalue weighted by molar-refractivity contribution is -0.138. The Morgan fingerprint density at radius 2 is 1.67 bits per heavy atom. The third-order valence-corrected chi connectivity index (χ3v) is 4.49. The van der Waals surface area contributed by atoms with E-state index in [1.165, 1.54) is 12.1 Å². The van der Waals surface area contributed by atoms with E-state index < -0.39 is 23.7 Å². The number of benzene rings is 1. The van der Waals surface area contributed by atoms with Gasteiger partial charge in [-0.3, -0.25) is 4.90 Å². The molecule has 0 saturated carbocycles. The summed E-state index contributed by atoms with van der Waals surface area (Å²) in [6.45, 7) is 7.32. The molecule has 1 fully saturated rings. The van der Waals surface area contributed by atoms with E-state index in [0.29, 0.717) is 36.2 Å². The highest BCUT2D eigenvalue weighted by molar-refractivity contribution is 5.89. The number of alkyl halides is 3. The Kier molecular flexibility index (Phi) is 10.5. The zero-order valence-electron chi connectivity index (χ0n) is 17.2. The molecular formula is C21H29F3N2O4. The van der Waals surface area contributed by atoms with Crippen LogP contribution in [-0.4, -0.2) is 52.7 Å². The monoisotopic (exact) mass is 430 g/mol. The highest BCUT2D eigenvalue weighted by Crippen LogP contribution is 2.33. The van der Waals surface area contributed by atoms with Crippen molar-refractivity contribution in [3.63, 3.8) is 0 Å². The van der Waals surface area contributed by atoms with Gasteiger partial charge in [0.2, 0.25) is 0 Å². The molecule has 1 saturated heterocycles. The Bertz CT molecular complexity index is 698. The first-order valence-electron chi connectivity index (χ1n) is 9.74. The van der Waals surface area contributed by atoms with Gasteiger partial charge in [0.25, 0.3) is 0 Å². The minimum atomic E-state index is -4.28.